The monoisotopic (exact) mass is 401 g/mol. The summed E-state index contributed by atoms with van der Waals surface area (Å²) in [6.45, 7) is 3.38. The number of carbonyl (C=O) groups is 2. The van der Waals surface area contributed by atoms with Gasteiger partial charge in [0.2, 0.25) is 11.8 Å². The second kappa shape index (κ2) is 9.17. The molecule has 0 aromatic carbocycles. The molecule has 0 aliphatic carbocycles. The van der Waals surface area contributed by atoms with Crippen molar-refractivity contribution in [2.75, 3.05) is 33.2 Å². The number of carbonyl (C=O) groups excluding carboxylic acids is 2. The average Bonchev–Trinajstić information content (AvgIpc) is 3.18. The summed E-state index contributed by atoms with van der Waals surface area (Å²) in [7, 11) is 2.11. The fourth-order valence-electron chi connectivity index (χ4n) is 4.64. The van der Waals surface area contributed by atoms with Gasteiger partial charge in [-0.2, -0.15) is 0 Å². The maximum Gasteiger partial charge on any atom is 0.249 e. The third-order valence-electron chi connectivity index (χ3n) is 6.50. The van der Waals surface area contributed by atoms with Gasteiger partial charge in [0, 0.05) is 37.9 Å². The molecule has 158 valence electrons. The van der Waals surface area contributed by atoms with Crippen LogP contribution in [0.5, 0.6) is 0 Å². The summed E-state index contributed by atoms with van der Waals surface area (Å²) in [4.78, 5) is 37.4. The van der Waals surface area contributed by atoms with Gasteiger partial charge in [-0.25, -0.2) is 9.97 Å². The van der Waals surface area contributed by atoms with E-state index in [0.717, 1.165) is 50.9 Å². The van der Waals surface area contributed by atoms with Gasteiger partial charge < -0.3 is 19.9 Å². The summed E-state index contributed by atoms with van der Waals surface area (Å²) >= 11 is 0. The van der Waals surface area contributed by atoms with Crippen molar-refractivity contribution in [3.05, 3.63) is 24.3 Å². The van der Waals surface area contributed by atoms with Crippen molar-refractivity contribution in [2.24, 2.45) is 5.92 Å². The molecule has 3 atom stereocenters. The molecule has 0 spiro atoms. The highest BCUT2D eigenvalue weighted by Crippen LogP contribution is 2.33. The minimum atomic E-state index is -0.374. The lowest BCUT2D eigenvalue weighted by Gasteiger charge is -2.34. The molecule has 4 rings (SSSR count). The zero-order valence-corrected chi connectivity index (χ0v) is 17.1. The van der Waals surface area contributed by atoms with Crippen LogP contribution in [0.3, 0.4) is 0 Å². The summed E-state index contributed by atoms with van der Waals surface area (Å²) in [5, 5.41) is 3.18. The molecule has 0 unspecified atom stereocenters. The van der Waals surface area contributed by atoms with Crippen LogP contribution in [0.4, 0.5) is 0 Å². The number of aromatic nitrogens is 2. The minimum absolute atomic E-state index is 0.0240. The number of nitrogens with zero attached hydrogens (tertiary/aromatic N) is 4. The van der Waals surface area contributed by atoms with Crippen molar-refractivity contribution in [2.45, 2.75) is 56.8 Å². The third-order valence-corrected chi connectivity index (χ3v) is 6.50. The number of fused-ring (bicyclic) bond motifs is 1. The van der Waals surface area contributed by atoms with Crippen LogP contribution >= 0.6 is 0 Å². The molecule has 8 nitrogen and oxygen atoms in total. The SMILES string of the molecule is CN1CCC(NC(=O)[C@@H]2C[C@@H]3CCN(C(=O)CCc4cncnc4)C[C@H]3O2)CC1. The van der Waals surface area contributed by atoms with Crippen molar-refractivity contribution in [3.63, 3.8) is 0 Å². The van der Waals surface area contributed by atoms with Gasteiger partial charge in [-0.3, -0.25) is 9.59 Å². The Morgan fingerprint density at radius 1 is 1.17 bits per heavy atom. The van der Waals surface area contributed by atoms with E-state index in [9.17, 15) is 9.59 Å². The van der Waals surface area contributed by atoms with Crippen molar-refractivity contribution >= 4 is 11.8 Å². The summed E-state index contributed by atoms with van der Waals surface area (Å²) in [6.07, 6.45) is 9.36. The Balaban J connectivity index is 1.23. The number of ether oxygens (including phenoxy) is 1. The van der Waals surface area contributed by atoms with E-state index in [2.05, 4.69) is 27.2 Å². The number of hydrogen-bond acceptors (Lipinski definition) is 6. The Kier molecular flexibility index (Phi) is 6.40. The van der Waals surface area contributed by atoms with Gasteiger partial charge in [0.25, 0.3) is 0 Å². The van der Waals surface area contributed by atoms with Gasteiger partial charge in [0.05, 0.1) is 6.10 Å². The first-order chi connectivity index (χ1) is 14.1. The van der Waals surface area contributed by atoms with E-state index < -0.39 is 0 Å². The lowest BCUT2D eigenvalue weighted by molar-refractivity contribution is -0.138. The molecule has 3 saturated heterocycles. The first-order valence-corrected chi connectivity index (χ1v) is 10.7. The van der Waals surface area contributed by atoms with Gasteiger partial charge >= 0.3 is 0 Å². The fraction of sp³-hybridized carbons (Fsp3) is 0.714. The summed E-state index contributed by atoms with van der Waals surface area (Å²) in [5.74, 6) is 0.529. The van der Waals surface area contributed by atoms with E-state index in [4.69, 9.17) is 4.74 Å². The maximum atomic E-state index is 12.7. The average molecular weight is 402 g/mol. The number of piperidine rings is 2. The van der Waals surface area contributed by atoms with Crippen LogP contribution in [0.1, 0.15) is 37.7 Å². The highest BCUT2D eigenvalue weighted by Gasteiger charge is 2.43. The Morgan fingerprint density at radius 3 is 2.69 bits per heavy atom. The topological polar surface area (TPSA) is 87.7 Å². The summed E-state index contributed by atoms with van der Waals surface area (Å²) < 4.78 is 6.10. The smallest absolute Gasteiger partial charge is 0.249 e. The standard InChI is InChI=1S/C21H31N5O3/c1-25-7-5-17(6-8-25)24-21(28)18-10-16-4-9-26(13-19(16)29-18)20(27)3-2-15-11-22-14-23-12-15/h11-12,14,16-19H,2-10,13H2,1H3,(H,24,28)/t16-,18-,19+/m0/s1. The van der Waals surface area contributed by atoms with Crippen LogP contribution in [-0.2, 0) is 20.7 Å². The first kappa shape index (κ1) is 20.2. The predicted molar refractivity (Wildman–Crippen MR) is 107 cm³/mol. The Labute approximate surface area is 172 Å². The quantitative estimate of drug-likeness (QED) is 0.779. The number of amides is 2. The highest BCUT2D eigenvalue weighted by molar-refractivity contribution is 5.81. The highest BCUT2D eigenvalue weighted by atomic mass is 16.5. The molecule has 3 aliphatic heterocycles. The molecule has 0 radical (unpaired) electrons. The number of nitrogens with one attached hydrogen (secondary N) is 1. The number of hydrogen-bond donors (Lipinski definition) is 1. The molecule has 1 N–H and O–H groups in total. The molecule has 3 aliphatic rings. The van der Waals surface area contributed by atoms with Crippen LogP contribution in [0, 0.1) is 5.92 Å². The summed E-state index contributed by atoms with van der Waals surface area (Å²) in [5.41, 5.74) is 0.971. The molecule has 1 aromatic rings. The molecule has 2 amide bonds. The zero-order chi connectivity index (χ0) is 20.2. The normalized spacial score (nSPS) is 28.2. The van der Waals surface area contributed by atoms with Gasteiger partial charge in [0.15, 0.2) is 0 Å². The van der Waals surface area contributed by atoms with Crippen LogP contribution in [0.25, 0.3) is 0 Å². The number of likely N-dealkylation sites (tertiary alicyclic amines) is 2. The largest absolute Gasteiger partial charge is 0.363 e. The molecular weight excluding hydrogens is 370 g/mol. The van der Waals surface area contributed by atoms with Gasteiger partial charge in [-0.15, -0.1) is 0 Å². The minimum Gasteiger partial charge on any atom is -0.363 e. The van der Waals surface area contributed by atoms with E-state index in [1.807, 2.05) is 4.90 Å². The molecule has 0 bridgehead atoms. The van der Waals surface area contributed by atoms with Crippen molar-refractivity contribution in [1.29, 1.82) is 0 Å². The third kappa shape index (κ3) is 5.11. The van der Waals surface area contributed by atoms with Crippen molar-refractivity contribution < 1.29 is 14.3 Å². The van der Waals surface area contributed by atoms with Crippen LogP contribution in [0.2, 0.25) is 0 Å². The Hall–Kier alpha value is -2.06. The number of rotatable bonds is 5. The van der Waals surface area contributed by atoms with Gasteiger partial charge in [-0.1, -0.05) is 0 Å². The zero-order valence-electron chi connectivity index (χ0n) is 17.1. The predicted octanol–water partition coefficient (Wildman–Crippen LogP) is 0.626. The van der Waals surface area contributed by atoms with Crippen molar-refractivity contribution in [1.82, 2.24) is 25.1 Å². The maximum absolute atomic E-state index is 12.7. The molecule has 29 heavy (non-hydrogen) atoms. The Bertz CT molecular complexity index is 708. The van der Waals surface area contributed by atoms with E-state index in [1.54, 1.807) is 12.4 Å². The molecule has 3 fully saturated rings. The van der Waals surface area contributed by atoms with Crippen LogP contribution < -0.4 is 5.32 Å². The molecule has 1 aromatic heterocycles. The number of aryl methyl sites for hydroxylation is 1. The van der Waals surface area contributed by atoms with E-state index >= 15 is 0 Å². The lowest BCUT2D eigenvalue weighted by atomic mass is 9.91. The first-order valence-electron chi connectivity index (χ1n) is 10.7. The van der Waals surface area contributed by atoms with E-state index in [0.29, 0.717) is 25.3 Å². The molecule has 4 heterocycles. The Morgan fingerprint density at radius 2 is 1.93 bits per heavy atom. The molecular formula is C21H31N5O3. The fourth-order valence-corrected chi connectivity index (χ4v) is 4.64. The van der Waals surface area contributed by atoms with Crippen molar-refractivity contribution in [3.8, 4) is 0 Å². The van der Waals surface area contributed by atoms with Gasteiger partial charge in [0.1, 0.15) is 12.4 Å². The lowest BCUT2D eigenvalue weighted by Crippen LogP contribution is -2.47. The van der Waals surface area contributed by atoms with Crippen LogP contribution in [-0.4, -0.2) is 83.1 Å². The second-order valence-corrected chi connectivity index (χ2v) is 8.62. The van der Waals surface area contributed by atoms with E-state index in [1.165, 1.54) is 6.33 Å². The molecule has 8 heteroatoms. The van der Waals surface area contributed by atoms with Crippen LogP contribution in [0.15, 0.2) is 18.7 Å². The molecule has 0 saturated carbocycles. The van der Waals surface area contributed by atoms with Gasteiger partial charge in [-0.05, 0) is 63.7 Å². The van der Waals surface area contributed by atoms with E-state index in [-0.39, 0.29) is 30.1 Å². The summed E-state index contributed by atoms with van der Waals surface area (Å²) in [6, 6.07) is 0.255. The second-order valence-electron chi connectivity index (χ2n) is 8.62.